The largest absolute Gasteiger partial charge is 0.415 e. The first-order chi connectivity index (χ1) is 10.2. The Morgan fingerprint density at radius 3 is 2.68 bits per heavy atom. The van der Waals surface area contributed by atoms with Crippen LogP contribution in [0.1, 0.15) is 40.0 Å². The molecule has 1 aromatic heterocycles. The minimum Gasteiger partial charge on any atom is -0.415 e. The van der Waals surface area contributed by atoms with Crippen molar-refractivity contribution in [3.8, 4) is 0 Å². The second kappa shape index (κ2) is 6.54. The van der Waals surface area contributed by atoms with Crippen molar-refractivity contribution in [2.75, 3.05) is 13.2 Å². The van der Waals surface area contributed by atoms with Crippen LogP contribution in [0.5, 0.6) is 0 Å². The van der Waals surface area contributed by atoms with E-state index in [1.54, 1.807) is 23.3 Å². The van der Waals surface area contributed by atoms with E-state index in [2.05, 4.69) is 38.8 Å². The highest BCUT2D eigenvalue weighted by atomic mass is 28.4. The lowest BCUT2D eigenvalue weighted by Gasteiger charge is -2.40. The van der Waals surface area contributed by atoms with E-state index in [9.17, 15) is 4.79 Å². The van der Waals surface area contributed by atoms with E-state index in [-0.39, 0.29) is 17.1 Å². The molecular weight excluding hydrogens is 294 g/mol. The van der Waals surface area contributed by atoms with E-state index in [0.717, 1.165) is 19.4 Å². The molecule has 0 bridgehead atoms. The van der Waals surface area contributed by atoms with E-state index >= 15 is 0 Å². The minimum atomic E-state index is -1.78. The van der Waals surface area contributed by atoms with Gasteiger partial charge in [-0.05, 0) is 37.4 Å². The summed E-state index contributed by atoms with van der Waals surface area (Å²) in [6.07, 6.45) is 8.18. The normalized spacial score (nSPS) is 20.2. The van der Waals surface area contributed by atoms with Crippen LogP contribution in [0, 0.1) is 0 Å². The van der Waals surface area contributed by atoms with Gasteiger partial charge in [-0.1, -0.05) is 20.8 Å². The van der Waals surface area contributed by atoms with Gasteiger partial charge in [0.1, 0.15) is 6.33 Å². The predicted octanol–water partition coefficient (Wildman–Crippen LogP) is 3.73. The quantitative estimate of drug-likeness (QED) is 0.796. The van der Waals surface area contributed by atoms with Crippen molar-refractivity contribution in [1.29, 1.82) is 0 Å². The molecule has 0 aromatic carbocycles. The fourth-order valence-corrected chi connectivity index (χ4v) is 3.51. The highest BCUT2D eigenvalue weighted by Crippen LogP contribution is 2.37. The molecular formula is C16H29N3O2Si. The molecule has 5 nitrogen and oxygen atoms in total. The summed E-state index contributed by atoms with van der Waals surface area (Å²) in [6, 6.07) is 0.193. The maximum absolute atomic E-state index is 12.6. The molecule has 0 N–H and O–H groups in total. The molecule has 1 aliphatic rings. The predicted molar refractivity (Wildman–Crippen MR) is 90.5 cm³/mol. The van der Waals surface area contributed by atoms with Gasteiger partial charge in [-0.15, -0.1) is 0 Å². The van der Waals surface area contributed by atoms with Gasteiger partial charge in [0, 0.05) is 18.9 Å². The van der Waals surface area contributed by atoms with Crippen molar-refractivity contribution < 1.29 is 9.22 Å². The van der Waals surface area contributed by atoms with Crippen molar-refractivity contribution in [3.63, 3.8) is 0 Å². The Balaban J connectivity index is 2.03. The van der Waals surface area contributed by atoms with Crippen molar-refractivity contribution >= 4 is 14.3 Å². The Labute approximate surface area is 134 Å². The van der Waals surface area contributed by atoms with Crippen LogP contribution in [0.25, 0.3) is 0 Å². The van der Waals surface area contributed by atoms with Crippen LogP contribution in [0.2, 0.25) is 18.1 Å². The van der Waals surface area contributed by atoms with Crippen LogP contribution >= 0.6 is 0 Å². The van der Waals surface area contributed by atoms with Crippen molar-refractivity contribution in [2.24, 2.45) is 0 Å². The molecule has 1 fully saturated rings. The fourth-order valence-electron chi connectivity index (χ4n) is 2.47. The number of nitrogens with zero attached hydrogens (tertiary/aromatic N) is 3. The number of rotatable bonds is 3. The summed E-state index contributed by atoms with van der Waals surface area (Å²) in [5.41, 5.74) is 0. The molecule has 0 aliphatic carbocycles. The number of amides is 1. The van der Waals surface area contributed by atoms with Crippen molar-refractivity contribution in [3.05, 3.63) is 18.7 Å². The van der Waals surface area contributed by atoms with Gasteiger partial charge in [-0.3, -0.25) is 4.57 Å². The molecule has 22 heavy (non-hydrogen) atoms. The van der Waals surface area contributed by atoms with Gasteiger partial charge >= 0.3 is 6.03 Å². The van der Waals surface area contributed by atoms with Crippen LogP contribution in [-0.2, 0) is 4.43 Å². The monoisotopic (exact) mass is 323 g/mol. The summed E-state index contributed by atoms with van der Waals surface area (Å²) in [7, 11) is -1.78. The smallest absolute Gasteiger partial charge is 0.329 e. The average molecular weight is 324 g/mol. The first-order valence-electron chi connectivity index (χ1n) is 8.15. The van der Waals surface area contributed by atoms with Gasteiger partial charge < -0.3 is 9.33 Å². The minimum absolute atomic E-state index is 0.0148. The summed E-state index contributed by atoms with van der Waals surface area (Å²) >= 11 is 0. The third-order valence-corrected chi connectivity index (χ3v) is 9.54. The Morgan fingerprint density at radius 2 is 2.09 bits per heavy atom. The summed E-state index contributed by atoms with van der Waals surface area (Å²) in [5, 5.41) is 0.195. The first kappa shape index (κ1) is 17.2. The number of aromatic nitrogens is 2. The van der Waals surface area contributed by atoms with E-state index in [0.29, 0.717) is 6.61 Å². The molecule has 1 aromatic rings. The Morgan fingerprint density at radius 1 is 1.36 bits per heavy atom. The Kier molecular flexibility index (Phi) is 5.12. The van der Waals surface area contributed by atoms with Gasteiger partial charge in [0.05, 0.1) is 12.6 Å². The summed E-state index contributed by atoms with van der Waals surface area (Å²) in [6.45, 7) is 12.7. The van der Waals surface area contributed by atoms with Gasteiger partial charge in [0.2, 0.25) is 0 Å². The zero-order chi connectivity index (χ0) is 16.4. The molecule has 6 heteroatoms. The van der Waals surface area contributed by atoms with Crippen LogP contribution in [0.15, 0.2) is 18.7 Å². The summed E-state index contributed by atoms with van der Waals surface area (Å²) in [5.74, 6) is 0. The lowest BCUT2D eigenvalue weighted by molar-refractivity contribution is 0.112. The molecule has 1 amide bonds. The van der Waals surface area contributed by atoms with Gasteiger partial charge in [0.25, 0.3) is 0 Å². The third kappa shape index (κ3) is 3.79. The Hall–Kier alpha value is -1.14. The molecule has 1 atom stereocenters. The van der Waals surface area contributed by atoms with E-state index in [1.165, 1.54) is 6.42 Å². The van der Waals surface area contributed by atoms with Gasteiger partial charge in [-0.2, -0.15) is 0 Å². The molecule has 124 valence electrons. The molecule has 2 rings (SSSR count). The molecule has 1 saturated heterocycles. The Bertz CT molecular complexity index is 494. The zero-order valence-electron chi connectivity index (χ0n) is 14.5. The number of carbonyl (C=O) groups excluding carboxylic acids is 1. The third-order valence-electron chi connectivity index (χ3n) is 5.04. The zero-order valence-corrected chi connectivity index (χ0v) is 15.5. The van der Waals surface area contributed by atoms with Crippen LogP contribution < -0.4 is 0 Å². The highest BCUT2D eigenvalue weighted by Gasteiger charge is 2.38. The second-order valence-corrected chi connectivity index (χ2v) is 12.5. The van der Waals surface area contributed by atoms with Crippen LogP contribution in [0.3, 0.4) is 0 Å². The van der Waals surface area contributed by atoms with Gasteiger partial charge in [-0.25, -0.2) is 9.78 Å². The molecule has 0 spiro atoms. The summed E-state index contributed by atoms with van der Waals surface area (Å²) < 4.78 is 7.91. The first-order valence-corrected chi connectivity index (χ1v) is 11.1. The molecule has 1 unspecified atom stereocenters. The number of carbonyl (C=O) groups is 1. The average Bonchev–Trinajstić information content (AvgIpc) is 2.97. The number of imidazole rings is 1. The van der Waals surface area contributed by atoms with Crippen LogP contribution in [0.4, 0.5) is 4.79 Å². The molecule has 1 aliphatic heterocycles. The number of likely N-dealkylation sites (tertiary alicyclic amines) is 1. The summed E-state index contributed by atoms with van der Waals surface area (Å²) in [4.78, 5) is 18.5. The second-order valence-electron chi connectivity index (χ2n) is 7.67. The van der Waals surface area contributed by atoms with E-state index in [4.69, 9.17) is 4.43 Å². The number of piperidine rings is 1. The molecule has 2 heterocycles. The number of hydrogen-bond acceptors (Lipinski definition) is 3. The lowest BCUT2D eigenvalue weighted by atomic mass is 10.0. The molecule has 0 saturated carbocycles. The van der Waals surface area contributed by atoms with Gasteiger partial charge in [0.15, 0.2) is 8.32 Å². The van der Waals surface area contributed by atoms with Crippen molar-refractivity contribution in [2.45, 2.75) is 64.2 Å². The van der Waals surface area contributed by atoms with Crippen molar-refractivity contribution in [1.82, 2.24) is 14.5 Å². The lowest BCUT2D eigenvalue weighted by Crippen LogP contribution is -2.50. The maximum Gasteiger partial charge on any atom is 0.329 e. The maximum atomic E-state index is 12.6. The van der Waals surface area contributed by atoms with E-state index < -0.39 is 8.32 Å². The van der Waals surface area contributed by atoms with Crippen LogP contribution in [-0.4, -0.2) is 48.0 Å². The molecule has 0 radical (unpaired) electrons. The standard InChI is InChI=1S/C16H29N3O2Si/c1-16(2,3)22(4,5)21-12-14-8-6-7-10-19(14)15(20)18-11-9-17-13-18/h9,11,13-14H,6-8,10,12H2,1-5H3. The fraction of sp³-hybridized carbons (Fsp3) is 0.750. The van der Waals surface area contributed by atoms with E-state index in [1.807, 2.05) is 4.90 Å². The topological polar surface area (TPSA) is 47.4 Å². The number of hydrogen-bond donors (Lipinski definition) is 0. The highest BCUT2D eigenvalue weighted by molar-refractivity contribution is 6.74. The SMILES string of the molecule is CC(C)(C)[Si](C)(C)OCC1CCCCN1C(=O)n1ccnc1.